The lowest BCUT2D eigenvalue weighted by atomic mass is 9.79. The number of nitrogens with zero attached hydrogens (tertiary/aromatic N) is 2. The number of hydrogen-bond acceptors (Lipinski definition) is 7. The SMILES string of the molecule is C=CCOC(=O)C1=C(C)NC(C)=C(C(=O)OCC=C)C1c1cn(-c2ccccc2)nc1-c1ccc(OCc2ccccc2Cl)cc1. The number of carbonyl (C=O) groups is 2. The second-order valence-corrected chi connectivity index (χ2v) is 10.9. The molecule has 234 valence electrons. The van der Waals surface area contributed by atoms with Crippen molar-refractivity contribution in [1.82, 2.24) is 15.1 Å². The Balaban J connectivity index is 1.63. The van der Waals surface area contributed by atoms with E-state index in [1.807, 2.05) is 85.1 Å². The van der Waals surface area contributed by atoms with Crippen molar-refractivity contribution in [2.24, 2.45) is 0 Å². The Hall–Kier alpha value is -5.34. The van der Waals surface area contributed by atoms with E-state index < -0.39 is 17.9 Å². The monoisotopic (exact) mass is 635 g/mol. The first-order chi connectivity index (χ1) is 22.3. The maximum Gasteiger partial charge on any atom is 0.337 e. The molecular formula is C37H34ClN3O5. The highest BCUT2D eigenvalue weighted by Gasteiger charge is 2.40. The smallest absolute Gasteiger partial charge is 0.337 e. The van der Waals surface area contributed by atoms with Crippen LogP contribution in [-0.4, -0.2) is 34.9 Å². The van der Waals surface area contributed by atoms with Crippen LogP contribution < -0.4 is 10.1 Å². The summed E-state index contributed by atoms with van der Waals surface area (Å²) in [5.74, 6) is -1.39. The predicted molar refractivity (Wildman–Crippen MR) is 178 cm³/mol. The second kappa shape index (κ2) is 14.6. The lowest BCUT2D eigenvalue weighted by Crippen LogP contribution is -2.32. The van der Waals surface area contributed by atoms with Gasteiger partial charge in [-0.15, -0.1) is 0 Å². The van der Waals surface area contributed by atoms with Crippen molar-refractivity contribution < 1.29 is 23.8 Å². The maximum atomic E-state index is 13.6. The third-order valence-electron chi connectivity index (χ3n) is 7.42. The van der Waals surface area contributed by atoms with E-state index in [-0.39, 0.29) is 24.4 Å². The Morgan fingerprint density at radius 2 is 1.46 bits per heavy atom. The van der Waals surface area contributed by atoms with Gasteiger partial charge in [0, 0.05) is 39.3 Å². The molecule has 0 spiro atoms. The minimum Gasteiger partial charge on any atom is -0.489 e. The molecule has 0 bridgehead atoms. The van der Waals surface area contributed by atoms with Crippen molar-refractivity contribution in [1.29, 1.82) is 0 Å². The van der Waals surface area contributed by atoms with Gasteiger partial charge in [0.25, 0.3) is 0 Å². The summed E-state index contributed by atoms with van der Waals surface area (Å²) in [4.78, 5) is 27.2. The Labute approximate surface area is 273 Å². The average molecular weight is 636 g/mol. The van der Waals surface area contributed by atoms with Gasteiger partial charge in [-0.3, -0.25) is 0 Å². The van der Waals surface area contributed by atoms with Gasteiger partial charge in [0.15, 0.2) is 0 Å². The van der Waals surface area contributed by atoms with Crippen molar-refractivity contribution in [2.45, 2.75) is 26.4 Å². The summed E-state index contributed by atoms with van der Waals surface area (Å²) in [7, 11) is 0. The molecule has 0 aliphatic carbocycles. The molecule has 8 nitrogen and oxygen atoms in total. The molecule has 0 saturated heterocycles. The predicted octanol–water partition coefficient (Wildman–Crippen LogP) is 7.46. The molecule has 0 atom stereocenters. The van der Waals surface area contributed by atoms with Gasteiger partial charge in [0.2, 0.25) is 0 Å². The Kier molecular flexibility index (Phi) is 10.2. The molecule has 3 aromatic carbocycles. The number of dihydropyridines is 1. The van der Waals surface area contributed by atoms with E-state index >= 15 is 0 Å². The molecule has 5 rings (SSSR count). The van der Waals surface area contributed by atoms with Crippen molar-refractivity contribution in [3.8, 4) is 22.7 Å². The van der Waals surface area contributed by atoms with Crippen LogP contribution in [0.15, 0.2) is 133 Å². The van der Waals surface area contributed by atoms with Crippen LogP contribution in [0, 0.1) is 0 Å². The maximum absolute atomic E-state index is 13.6. The summed E-state index contributed by atoms with van der Waals surface area (Å²) < 4.78 is 18.8. The van der Waals surface area contributed by atoms with E-state index in [9.17, 15) is 9.59 Å². The normalized spacial score (nSPS) is 13.2. The van der Waals surface area contributed by atoms with Gasteiger partial charge in [-0.05, 0) is 56.3 Å². The van der Waals surface area contributed by atoms with Crippen molar-refractivity contribution in [2.75, 3.05) is 13.2 Å². The first kappa shape index (κ1) is 32.1. The molecule has 0 saturated carbocycles. The average Bonchev–Trinajstić information content (AvgIpc) is 3.51. The van der Waals surface area contributed by atoms with Gasteiger partial charge in [0.1, 0.15) is 25.6 Å². The van der Waals surface area contributed by atoms with Gasteiger partial charge in [-0.1, -0.05) is 73.3 Å². The van der Waals surface area contributed by atoms with E-state index in [1.165, 1.54) is 12.2 Å². The zero-order valence-corrected chi connectivity index (χ0v) is 26.4. The highest BCUT2D eigenvalue weighted by atomic mass is 35.5. The molecule has 0 fully saturated rings. The Morgan fingerprint density at radius 1 is 0.870 bits per heavy atom. The summed E-state index contributed by atoms with van der Waals surface area (Å²) in [6, 6.07) is 24.6. The standard InChI is InChI=1S/C37H34ClN3O5/c1-5-20-44-36(42)32-24(3)39-25(4)33(37(43)45-21-6-2)34(32)30-22-41(28-13-8-7-9-14-28)40-35(30)26-16-18-29(19-17-26)46-23-27-12-10-11-15-31(27)38/h5-19,22,34,39H,1-2,20-21,23H2,3-4H3. The Morgan fingerprint density at radius 3 is 2.04 bits per heavy atom. The largest absolute Gasteiger partial charge is 0.489 e. The molecule has 4 aromatic rings. The number of halogens is 1. The number of benzene rings is 3. The molecule has 0 radical (unpaired) electrons. The summed E-state index contributed by atoms with van der Waals surface area (Å²) in [6.07, 6.45) is 4.83. The molecule has 1 aliphatic heterocycles. The number of esters is 2. The van der Waals surface area contributed by atoms with Crippen LogP contribution in [0.5, 0.6) is 5.75 Å². The van der Waals surface area contributed by atoms with Crippen LogP contribution in [0.25, 0.3) is 16.9 Å². The van der Waals surface area contributed by atoms with Gasteiger partial charge in [-0.2, -0.15) is 5.10 Å². The van der Waals surface area contributed by atoms with E-state index in [1.54, 1.807) is 18.5 Å². The molecule has 46 heavy (non-hydrogen) atoms. The molecule has 1 aromatic heterocycles. The van der Waals surface area contributed by atoms with Crippen LogP contribution in [0.4, 0.5) is 0 Å². The van der Waals surface area contributed by atoms with E-state index in [2.05, 4.69) is 18.5 Å². The van der Waals surface area contributed by atoms with Crippen molar-refractivity contribution in [3.63, 3.8) is 0 Å². The zero-order chi connectivity index (χ0) is 32.6. The molecule has 1 aliphatic rings. The van der Waals surface area contributed by atoms with Crippen LogP contribution >= 0.6 is 11.6 Å². The summed E-state index contributed by atoms with van der Waals surface area (Å²) >= 11 is 6.31. The second-order valence-electron chi connectivity index (χ2n) is 10.5. The van der Waals surface area contributed by atoms with Gasteiger partial charge in [-0.25, -0.2) is 14.3 Å². The zero-order valence-electron chi connectivity index (χ0n) is 25.7. The third-order valence-corrected chi connectivity index (χ3v) is 7.79. The van der Waals surface area contributed by atoms with E-state index in [4.69, 9.17) is 30.9 Å². The van der Waals surface area contributed by atoms with Gasteiger partial charge >= 0.3 is 11.9 Å². The fourth-order valence-corrected chi connectivity index (χ4v) is 5.48. The summed E-state index contributed by atoms with van der Waals surface area (Å²) in [6.45, 7) is 11.2. The minimum atomic E-state index is -0.862. The highest BCUT2D eigenvalue weighted by molar-refractivity contribution is 6.31. The number of ether oxygens (including phenoxy) is 3. The molecule has 9 heteroatoms. The van der Waals surface area contributed by atoms with E-state index in [0.29, 0.717) is 40.0 Å². The fourth-order valence-electron chi connectivity index (χ4n) is 5.29. The van der Waals surface area contributed by atoms with Crippen LogP contribution in [0.2, 0.25) is 5.02 Å². The van der Waals surface area contributed by atoms with Crippen LogP contribution in [0.3, 0.4) is 0 Å². The quantitative estimate of drug-likeness (QED) is 0.128. The van der Waals surface area contributed by atoms with Crippen molar-refractivity contribution in [3.05, 3.63) is 149 Å². The minimum absolute atomic E-state index is 0.00701. The lowest BCUT2D eigenvalue weighted by molar-refractivity contribution is -0.138. The third kappa shape index (κ3) is 6.98. The van der Waals surface area contributed by atoms with Crippen molar-refractivity contribution >= 4 is 23.5 Å². The Bertz CT molecular complexity index is 1780. The highest BCUT2D eigenvalue weighted by Crippen LogP contribution is 2.43. The molecule has 2 heterocycles. The van der Waals surface area contributed by atoms with E-state index in [0.717, 1.165) is 16.8 Å². The number of nitrogens with one attached hydrogen (secondary N) is 1. The number of para-hydroxylation sites is 1. The fraction of sp³-hybridized carbons (Fsp3) is 0.162. The van der Waals surface area contributed by atoms with Crippen LogP contribution in [0.1, 0.15) is 30.9 Å². The number of allylic oxidation sites excluding steroid dienone is 2. The number of aromatic nitrogens is 2. The lowest BCUT2D eigenvalue weighted by Gasteiger charge is -2.30. The molecular weight excluding hydrogens is 602 g/mol. The molecule has 0 unspecified atom stereocenters. The topological polar surface area (TPSA) is 91.7 Å². The first-order valence-electron chi connectivity index (χ1n) is 14.7. The number of rotatable bonds is 12. The van der Waals surface area contributed by atoms with Gasteiger partial charge < -0.3 is 19.5 Å². The van der Waals surface area contributed by atoms with Crippen LogP contribution in [-0.2, 0) is 25.7 Å². The first-order valence-corrected chi connectivity index (χ1v) is 15.1. The molecule has 1 N–H and O–H groups in total. The molecule has 0 amide bonds. The summed E-state index contributed by atoms with van der Waals surface area (Å²) in [5, 5.41) is 8.80. The summed E-state index contributed by atoms with van der Waals surface area (Å²) in [5.41, 5.74) is 5.26. The van der Waals surface area contributed by atoms with Gasteiger partial charge in [0.05, 0.1) is 28.4 Å². The number of carbonyl (C=O) groups excluding carboxylic acids is 2. The number of hydrogen-bond donors (Lipinski definition) is 1.